The van der Waals surface area contributed by atoms with Crippen molar-refractivity contribution in [2.45, 2.75) is 85.4 Å². The van der Waals surface area contributed by atoms with Gasteiger partial charge in [-0.25, -0.2) is 0 Å². The number of aliphatic hydroxyl groups is 1. The normalized spacial score (nSPS) is 13.4. The number of unbranched alkanes of at least 4 members (excludes halogenated alkanes) is 3. The van der Waals surface area contributed by atoms with E-state index in [0.717, 1.165) is 32.7 Å². The highest BCUT2D eigenvalue weighted by molar-refractivity contribution is 4.51. The Morgan fingerprint density at radius 1 is 0.727 bits per heavy atom. The quantitative estimate of drug-likeness (QED) is 0.487. The summed E-state index contributed by atoms with van der Waals surface area (Å²) in [6, 6.07) is 0. The lowest BCUT2D eigenvalue weighted by atomic mass is 10.3. The van der Waals surface area contributed by atoms with Crippen LogP contribution in [0.5, 0.6) is 0 Å². The summed E-state index contributed by atoms with van der Waals surface area (Å²) in [5, 5.41) is 8.70. The standard InChI is InChI=1S/C10H22O3.C8H18O/c1-4-5-6-12-10(3)8-13-9(2)7-11;1-3-5-7-9-8-6-4-2/h9-11H,4-8H2,1-3H3;3-8H2,1-2H3. The Kier molecular flexibility index (Phi) is 22.8. The second-order valence-electron chi connectivity index (χ2n) is 5.68. The van der Waals surface area contributed by atoms with Gasteiger partial charge in [-0.1, -0.05) is 40.0 Å². The number of ether oxygens (including phenoxy) is 3. The molecular weight excluding hydrogens is 280 g/mol. The number of aliphatic hydroxyl groups excluding tert-OH is 1. The van der Waals surface area contributed by atoms with Gasteiger partial charge in [-0.3, -0.25) is 0 Å². The molecule has 136 valence electrons. The van der Waals surface area contributed by atoms with Crippen molar-refractivity contribution in [1.82, 2.24) is 0 Å². The van der Waals surface area contributed by atoms with Gasteiger partial charge in [0.2, 0.25) is 0 Å². The average molecular weight is 321 g/mol. The molecule has 22 heavy (non-hydrogen) atoms. The van der Waals surface area contributed by atoms with Crippen LogP contribution in [-0.2, 0) is 14.2 Å². The third-order valence-corrected chi connectivity index (χ3v) is 3.06. The lowest BCUT2D eigenvalue weighted by Crippen LogP contribution is -2.22. The van der Waals surface area contributed by atoms with E-state index in [0.29, 0.717) is 6.61 Å². The third-order valence-electron chi connectivity index (χ3n) is 3.06. The molecule has 0 aromatic carbocycles. The van der Waals surface area contributed by atoms with Crippen molar-refractivity contribution < 1.29 is 19.3 Å². The fourth-order valence-corrected chi connectivity index (χ4v) is 1.42. The molecule has 0 spiro atoms. The van der Waals surface area contributed by atoms with E-state index in [2.05, 4.69) is 20.8 Å². The van der Waals surface area contributed by atoms with Crippen LogP contribution in [0.1, 0.15) is 73.1 Å². The molecular formula is C18H40O4. The molecule has 0 aliphatic carbocycles. The first kappa shape index (κ1) is 24.1. The van der Waals surface area contributed by atoms with E-state index in [1.54, 1.807) is 0 Å². The molecule has 0 amide bonds. The molecule has 0 aromatic rings. The van der Waals surface area contributed by atoms with Gasteiger partial charge in [-0.05, 0) is 33.1 Å². The van der Waals surface area contributed by atoms with Crippen molar-refractivity contribution in [3.05, 3.63) is 0 Å². The summed E-state index contributed by atoms with van der Waals surface area (Å²) in [4.78, 5) is 0. The zero-order valence-corrected chi connectivity index (χ0v) is 15.6. The van der Waals surface area contributed by atoms with Gasteiger partial charge in [0, 0.05) is 19.8 Å². The SMILES string of the molecule is CCCCOC(C)COC(C)CO.CCCCOCCCC. The van der Waals surface area contributed by atoms with E-state index in [1.165, 1.54) is 25.7 Å². The van der Waals surface area contributed by atoms with Crippen molar-refractivity contribution >= 4 is 0 Å². The van der Waals surface area contributed by atoms with Gasteiger partial charge in [-0.2, -0.15) is 0 Å². The fraction of sp³-hybridized carbons (Fsp3) is 1.00. The summed E-state index contributed by atoms with van der Waals surface area (Å²) >= 11 is 0. The smallest absolute Gasteiger partial charge is 0.0780 e. The first-order valence-electron chi connectivity index (χ1n) is 9.03. The molecule has 0 radical (unpaired) electrons. The lowest BCUT2D eigenvalue weighted by Gasteiger charge is -2.15. The zero-order chi connectivity index (χ0) is 17.1. The molecule has 4 heteroatoms. The summed E-state index contributed by atoms with van der Waals surface area (Å²) in [7, 11) is 0. The molecule has 0 fully saturated rings. The van der Waals surface area contributed by atoms with Crippen LogP contribution in [0.2, 0.25) is 0 Å². The topological polar surface area (TPSA) is 47.9 Å². The van der Waals surface area contributed by atoms with Crippen molar-refractivity contribution in [2.24, 2.45) is 0 Å². The highest BCUT2D eigenvalue weighted by atomic mass is 16.5. The van der Waals surface area contributed by atoms with E-state index < -0.39 is 0 Å². The van der Waals surface area contributed by atoms with Crippen molar-refractivity contribution in [1.29, 1.82) is 0 Å². The van der Waals surface area contributed by atoms with Crippen LogP contribution in [0.25, 0.3) is 0 Å². The summed E-state index contributed by atoms with van der Waals surface area (Å²) in [5.74, 6) is 0. The Morgan fingerprint density at radius 3 is 1.68 bits per heavy atom. The van der Waals surface area contributed by atoms with Crippen LogP contribution in [0, 0.1) is 0 Å². The second-order valence-corrected chi connectivity index (χ2v) is 5.68. The van der Waals surface area contributed by atoms with Crippen LogP contribution >= 0.6 is 0 Å². The maximum absolute atomic E-state index is 8.70. The molecule has 1 N–H and O–H groups in total. The highest BCUT2D eigenvalue weighted by Gasteiger charge is 2.05. The monoisotopic (exact) mass is 320 g/mol. The minimum absolute atomic E-state index is 0.0711. The van der Waals surface area contributed by atoms with E-state index in [1.807, 2.05) is 13.8 Å². The average Bonchev–Trinajstić information content (AvgIpc) is 2.53. The Morgan fingerprint density at radius 2 is 1.23 bits per heavy atom. The molecule has 0 rings (SSSR count). The molecule has 0 saturated carbocycles. The van der Waals surface area contributed by atoms with Crippen molar-refractivity contribution in [3.8, 4) is 0 Å². The first-order chi connectivity index (χ1) is 10.6. The number of hydrogen-bond donors (Lipinski definition) is 1. The molecule has 0 heterocycles. The predicted molar refractivity (Wildman–Crippen MR) is 93.5 cm³/mol. The van der Waals surface area contributed by atoms with Gasteiger partial charge >= 0.3 is 0 Å². The molecule has 4 nitrogen and oxygen atoms in total. The van der Waals surface area contributed by atoms with Gasteiger partial charge in [0.25, 0.3) is 0 Å². The summed E-state index contributed by atoms with van der Waals surface area (Å²) < 4.78 is 16.1. The van der Waals surface area contributed by atoms with Crippen LogP contribution in [0.15, 0.2) is 0 Å². The minimum Gasteiger partial charge on any atom is -0.394 e. The van der Waals surface area contributed by atoms with Crippen LogP contribution in [0.3, 0.4) is 0 Å². The zero-order valence-electron chi connectivity index (χ0n) is 15.6. The van der Waals surface area contributed by atoms with Gasteiger partial charge in [0.05, 0.1) is 25.4 Å². The molecule has 0 saturated heterocycles. The summed E-state index contributed by atoms with van der Waals surface area (Å²) in [5.41, 5.74) is 0. The number of hydrogen-bond acceptors (Lipinski definition) is 4. The lowest BCUT2D eigenvalue weighted by molar-refractivity contribution is -0.0457. The van der Waals surface area contributed by atoms with E-state index >= 15 is 0 Å². The predicted octanol–water partition coefficient (Wildman–Crippen LogP) is 4.19. The van der Waals surface area contributed by atoms with E-state index in [9.17, 15) is 0 Å². The third kappa shape index (κ3) is 22.1. The first-order valence-corrected chi connectivity index (χ1v) is 9.03. The maximum Gasteiger partial charge on any atom is 0.0780 e. The number of rotatable bonds is 14. The second kappa shape index (κ2) is 20.8. The summed E-state index contributed by atoms with van der Waals surface area (Å²) in [6.07, 6.45) is 7.20. The van der Waals surface area contributed by atoms with E-state index in [-0.39, 0.29) is 18.8 Å². The van der Waals surface area contributed by atoms with Crippen LogP contribution in [0.4, 0.5) is 0 Å². The molecule has 0 aliphatic heterocycles. The van der Waals surface area contributed by atoms with E-state index in [4.69, 9.17) is 19.3 Å². The Bertz CT molecular complexity index is 182. The maximum atomic E-state index is 8.70. The Labute approximate surface area is 138 Å². The van der Waals surface area contributed by atoms with Gasteiger partial charge < -0.3 is 19.3 Å². The van der Waals surface area contributed by atoms with Gasteiger partial charge in [0.1, 0.15) is 0 Å². The minimum atomic E-state index is -0.0859. The molecule has 2 atom stereocenters. The van der Waals surface area contributed by atoms with Crippen molar-refractivity contribution in [2.75, 3.05) is 33.0 Å². The Hall–Kier alpha value is -0.160. The summed E-state index contributed by atoms with van der Waals surface area (Å²) in [6.45, 7) is 13.7. The molecule has 0 aliphatic rings. The Balaban J connectivity index is 0. The molecule has 0 bridgehead atoms. The van der Waals surface area contributed by atoms with Crippen LogP contribution < -0.4 is 0 Å². The fourth-order valence-electron chi connectivity index (χ4n) is 1.42. The van der Waals surface area contributed by atoms with Gasteiger partial charge in [0.15, 0.2) is 0 Å². The van der Waals surface area contributed by atoms with Crippen molar-refractivity contribution in [3.63, 3.8) is 0 Å². The molecule has 0 aromatic heterocycles. The molecule has 2 unspecified atom stereocenters. The van der Waals surface area contributed by atoms with Crippen LogP contribution in [-0.4, -0.2) is 50.3 Å². The van der Waals surface area contributed by atoms with Gasteiger partial charge in [-0.15, -0.1) is 0 Å². The highest BCUT2D eigenvalue weighted by Crippen LogP contribution is 1.98. The largest absolute Gasteiger partial charge is 0.394 e.